The van der Waals surface area contributed by atoms with Gasteiger partial charge in [-0.05, 0) is 6.07 Å². The zero-order chi connectivity index (χ0) is 15.9. The van der Waals surface area contributed by atoms with Crippen LogP contribution in [0.2, 0.25) is 5.02 Å². The molecule has 2 heterocycles. The van der Waals surface area contributed by atoms with E-state index in [0.717, 1.165) is 0 Å². The number of hydrogen-bond acceptors (Lipinski definition) is 6. The molecule has 7 nitrogen and oxygen atoms in total. The Hall–Kier alpha value is -2.15. The zero-order valence-corrected chi connectivity index (χ0v) is 12.7. The van der Waals surface area contributed by atoms with Crippen molar-refractivity contribution >= 4 is 23.7 Å². The number of fused-ring (bicyclic) bond motifs is 1. The first kappa shape index (κ1) is 14.8. The van der Waals surface area contributed by atoms with E-state index in [1.54, 1.807) is 12.1 Å². The summed E-state index contributed by atoms with van der Waals surface area (Å²) in [5.74, 6) is 0.404. The van der Waals surface area contributed by atoms with E-state index in [0.29, 0.717) is 28.5 Å². The summed E-state index contributed by atoms with van der Waals surface area (Å²) >= 11 is 6.23. The summed E-state index contributed by atoms with van der Waals surface area (Å²) in [5, 5.41) is 2.72. The molecule has 1 saturated heterocycles. The van der Waals surface area contributed by atoms with Gasteiger partial charge >= 0.3 is 12.1 Å². The van der Waals surface area contributed by atoms with Crippen molar-refractivity contribution in [2.75, 3.05) is 7.11 Å². The van der Waals surface area contributed by atoms with Gasteiger partial charge in [-0.15, -0.1) is 0 Å². The molecule has 1 fully saturated rings. The van der Waals surface area contributed by atoms with Gasteiger partial charge in [-0.2, -0.15) is 0 Å². The molecule has 22 heavy (non-hydrogen) atoms. The topological polar surface area (TPSA) is 83.1 Å². The van der Waals surface area contributed by atoms with E-state index in [1.807, 2.05) is 6.92 Å². The van der Waals surface area contributed by atoms with Crippen molar-refractivity contribution in [2.45, 2.75) is 31.8 Å². The smallest absolute Gasteiger partial charge is 0.408 e. The van der Waals surface area contributed by atoms with Crippen LogP contribution < -0.4 is 14.8 Å². The maximum atomic E-state index is 11.8. The molecule has 0 spiro atoms. The van der Waals surface area contributed by atoms with E-state index in [1.165, 1.54) is 7.11 Å². The van der Waals surface area contributed by atoms with Crippen LogP contribution in [0.4, 0.5) is 4.79 Å². The Morgan fingerprint density at radius 1 is 1.32 bits per heavy atom. The monoisotopic (exact) mass is 327 g/mol. The number of amides is 1. The van der Waals surface area contributed by atoms with Crippen LogP contribution in [0.15, 0.2) is 12.1 Å². The van der Waals surface area contributed by atoms with Gasteiger partial charge in [0.05, 0.1) is 12.1 Å². The molecule has 0 saturated carbocycles. The summed E-state index contributed by atoms with van der Waals surface area (Å²) in [6.07, 6.45) is -1.29. The number of cyclic esters (lactones) is 1. The Balaban J connectivity index is 1.95. The molecule has 8 heteroatoms. The number of esters is 1. The van der Waals surface area contributed by atoms with E-state index in [4.69, 9.17) is 25.8 Å². The molecule has 0 bridgehead atoms. The molecule has 3 atom stereocenters. The Bertz CT molecular complexity index is 634. The van der Waals surface area contributed by atoms with E-state index in [2.05, 4.69) is 10.1 Å². The fraction of sp³-hybridized carbons (Fsp3) is 0.429. The minimum atomic E-state index is -0.961. The molecular formula is C14H14ClNO6. The zero-order valence-electron chi connectivity index (χ0n) is 11.9. The van der Waals surface area contributed by atoms with Crippen molar-refractivity contribution in [3.05, 3.63) is 22.7 Å². The average molecular weight is 328 g/mol. The lowest BCUT2D eigenvalue weighted by atomic mass is 10.0. The largest absolute Gasteiger partial charge is 0.467 e. The molecule has 1 N–H and O–H groups in total. The number of methoxy groups -OCH3 is 1. The van der Waals surface area contributed by atoms with Gasteiger partial charge in [0.1, 0.15) is 0 Å². The molecule has 0 aliphatic carbocycles. The number of carbonyl (C=O) groups is 2. The molecule has 1 aromatic carbocycles. The van der Waals surface area contributed by atoms with Crippen LogP contribution in [0.5, 0.6) is 11.5 Å². The quantitative estimate of drug-likeness (QED) is 0.857. The number of hydrogen-bond donors (Lipinski definition) is 1. The van der Waals surface area contributed by atoms with Crippen molar-refractivity contribution < 1.29 is 28.5 Å². The number of halogens is 1. The van der Waals surface area contributed by atoms with Crippen LogP contribution in [0.1, 0.15) is 25.0 Å². The maximum absolute atomic E-state index is 11.8. The van der Waals surface area contributed by atoms with Crippen LogP contribution >= 0.6 is 11.6 Å². The van der Waals surface area contributed by atoms with Crippen molar-refractivity contribution in [3.63, 3.8) is 0 Å². The standard InChI is InChI=1S/C14H14ClNO6/c1-3-10-20-8-4-6(7(15)5-9(8)21-10)12-11(13(17)19-2)16-14(18)22-12/h4-5,10-12H,3H2,1-2H3,(H,16,18). The predicted molar refractivity (Wildman–Crippen MR) is 74.9 cm³/mol. The van der Waals surface area contributed by atoms with Gasteiger partial charge in [-0.3, -0.25) is 0 Å². The lowest BCUT2D eigenvalue weighted by Gasteiger charge is -2.16. The second kappa shape index (κ2) is 5.57. The fourth-order valence-electron chi connectivity index (χ4n) is 2.40. The van der Waals surface area contributed by atoms with E-state index in [9.17, 15) is 9.59 Å². The third kappa shape index (κ3) is 2.41. The molecule has 2 aliphatic rings. The van der Waals surface area contributed by atoms with Crippen LogP contribution in [-0.2, 0) is 14.3 Å². The highest BCUT2D eigenvalue weighted by Crippen LogP contribution is 2.43. The third-order valence-electron chi connectivity index (χ3n) is 3.48. The van der Waals surface area contributed by atoms with E-state index in [-0.39, 0.29) is 6.29 Å². The van der Waals surface area contributed by atoms with Crippen molar-refractivity contribution in [3.8, 4) is 11.5 Å². The van der Waals surface area contributed by atoms with Gasteiger partial charge in [-0.1, -0.05) is 18.5 Å². The van der Waals surface area contributed by atoms with Gasteiger partial charge in [0.25, 0.3) is 0 Å². The average Bonchev–Trinajstić information content (AvgIpc) is 3.08. The van der Waals surface area contributed by atoms with Gasteiger partial charge in [-0.25, -0.2) is 9.59 Å². The normalized spacial score (nSPS) is 25.6. The Labute approximate surface area is 131 Å². The summed E-state index contributed by atoms with van der Waals surface area (Å²) in [4.78, 5) is 23.2. The number of nitrogens with one attached hydrogen (secondary N) is 1. The molecule has 3 unspecified atom stereocenters. The molecule has 3 rings (SSSR count). The van der Waals surface area contributed by atoms with Crippen LogP contribution in [-0.4, -0.2) is 31.5 Å². The number of benzene rings is 1. The molecule has 2 aliphatic heterocycles. The van der Waals surface area contributed by atoms with Crippen LogP contribution in [0.25, 0.3) is 0 Å². The fourth-order valence-corrected chi connectivity index (χ4v) is 2.66. The van der Waals surface area contributed by atoms with E-state index < -0.39 is 24.2 Å². The molecule has 118 valence electrons. The molecule has 1 aromatic rings. The summed E-state index contributed by atoms with van der Waals surface area (Å²) in [7, 11) is 1.23. The van der Waals surface area contributed by atoms with Crippen molar-refractivity contribution in [1.82, 2.24) is 5.32 Å². The SMILES string of the molecule is CCC1Oc2cc(Cl)c(C3OC(=O)NC3C(=O)OC)cc2O1. The highest BCUT2D eigenvalue weighted by atomic mass is 35.5. The Morgan fingerprint density at radius 2 is 2.00 bits per heavy atom. The molecule has 0 radical (unpaired) electrons. The number of carbonyl (C=O) groups excluding carboxylic acids is 2. The van der Waals surface area contributed by atoms with Gasteiger partial charge in [0.15, 0.2) is 23.6 Å². The Morgan fingerprint density at radius 3 is 2.64 bits per heavy atom. The van der Waals surface area contributed by atoms with Crippen LogP contribution in [0.3, 0.4) is 0 Å². The summed E-state index contributed by atoms with van der Waals surface area (Å²) in [5.41, 5.74) is 0.453. The highest BCUT2D eigenvalue weighted by Gasteiger charge is 2.43. The van der Waals surface area contributed by atoms with Crippen LogP contribution in [0, 0.1) is 0 Å². The maximum Gasteiger partial charge on any atom is 0.408 e. The second-order valence-electron chi connectivity index (χ2n) is 4.87. The summed E-state index contributed by atoms with van der Waals surface area (Å²) < 4.78 is 21.0. The Kier molecular flexibility index (Phi) is 3.74. The summed E-state index contributed by atoms with van der Waals surface area (Å²) in [6, 6.07) is 2.24. The lowest BCUT2D eigenvalue weighted by Crippen LogP contribution is -2.36. The van der Waals surface area contributed by atoms with Crippen molar-refractivity contribution in [2.24, 2.45) is 0 Å². The number of ether oxygens (including phenoxy) is 4. The number of rotatable bonds is 3. The molecule has 1 amide bonds. The van der Waals surface area contributed by atoms with Gasteiger partial charge in [0.2, 0.25) is 6.29 Å². The van der Waals surface area contributed by atoms with E-state index >= 15 is 0 Å². The lowest BCUT2D eigenvalue weighted by molar-refractivity contribution is -0.144. The predicted octanol–water partition coefficient (Wildman–Crippen LogP) is 2.17. The van der Waals surface area contributed by atoms with Gasteiger partial charge in [0, 0.05) is 18.1 Å². The second-order valence-corrected chi connectivity index (χ2v) is 5.27. The molecule has 0 aromatic heterocycles. The first-order chi connectivity index (χ1) is 10.5. The first-order valence-electron chi connectivity index (χ1n) is 6.75. The highest BCUT2D eigenvalue weighted by molar-refractivity contribution is 6.31. The minimum Gasteiger partial charge on any atom is -0.467 e. The first-order valence-corrected chi connectivity index (χ1v) is 7.13. The number of alkyl carbamates (subject to hydrolysis) is 1. The third-order valence-corrected chi connectivity index (χ3v) is 3.81. The van der Waals surface area contributed by atoms with Crippen molar-refractivity contribution in [1.29, 1.82) is 0 Å². The minimum absolute atomic E-state index is 0.314. The molecular weight excluding hydrogens is 314 g/mol. The summed E-state index contributed by atoms with van der Waals surface area (Å²) in [6.45, 7) is 1.93. The van der Waals surface area contributed by atoms with Gasteiger partial charge < -0.3 is 24.3 Å².